The van der Waals surface area contributed by atoms with Crippen LogP contribution in [0.2, 0.25) is 0 Å². The van der Waals surface area contributed by atoms with Crippen molar-refractivity contribution in [2.75, 3.05) is 51.3 Å². The second-order valence-corrected chi connectivity index (χ2v) is 9.67. The fourth-order valence-electron chi connectivity index (χ4n) is 4.79. The fraction of sp³-hybridized carbons (Fsp3) is 0.258. The summed E-state index contributed by atoms with van der Waals surface area (Å²) in [5, 5.41) is 49.6. The molecule has 1 heterocycles. The Kier molecular flexibility index (Phi) is 9.73. The number of piperazine rings is 1. The Bertz CT molecular complexity index is 1460. The molecule has 0 aromatic heterocycles. The van der Waals surface area contributed by atoms with E-state index in [4.69, 9.17) is 24.8 Å². The molecule has 10 heteroatoms. The molecule has 1 saturated heterocycles. The summed E-state index contributed by atoms with van der Waals surface area (Å²) in [5.74, 6) is -2.32. The number of aromatic carboxylic acids is 1. The average Bonchev–Trinajstić information content (AvgIpc) is 2.99. The van der Waals surface area contributed by atoms with E-state index in [-0.39, 0.29) is 0 Å². The summed E-state index contributed by atoms with van der Waals surface area (Å²) in [6, 6.07) is 24.2. The highest BCUT2D eigenvalue weighted by Gasteiger charge is 2.24. The number of nitrogens with zero attached hydrogens (tertiary/aromatic N) is 1. The minimum atomic E-state index is -1.43. The molecule has 10 nitrogen and oxygen atoms in total. The van der Waals surface area contributed by atoms with Crippen LogP contribution in [0.25, 0.3) is 10.8 Å². The summed E-state index contributed by atoms with van der Waals surface area (Å²) < 4.78 is 11.4. The number of aliphatic hydroxyl groups excluding tert-OH is 1. The van der Waals surface area contributed by atoms with Crippen molar-refractivity contribution in [2.24, 2.45) is 0 Å². The molecule has 0 radical (unpaired) electrons. The van der Waals surface area contributed by atoms with Gasteiger partial charge in [0.1, 0.15) is 36.5 Å². The van der Waals surface area contributed by atoms with Crippen molar-refractivity contribution < 1.29 is 44.7 Å². The predicted octanol–water partition coefficient (Wildman–Crippen LogP) is 1.86. The summed E-state index contributed by atoms with van der Waals surface area (Å²) in [5.41, 5.74) is 0.583. The Hall–Kier alpha value is -4.67. The van der Waals surface area contributed by atoms with E-state index in [0.717, 1.165) is 66.3 Å². The largest absolute Gasteiger partial charge is 0.869 e. The van der Waals surface area contributed by atoms with Gasteiger partial charge in [-0.05, 0) is 41.5 Å². The number of methoxy groups -OCH3 is 1. The maximum atomic E-state index is 10.8. The molecule has 216 valence electrons. The van der Waals surface area contributed by atoms with Gasteiger partial charge in [0.25, 0.3) is 0 Å². The Labute approximate surface area is 237 Å². The molecule has 0 aliphatic carbocycles. The molecule has 4 aromatic carbocycles. The second-order valence-electron chi connectivity index (χ2n) is 9.67. The molecular formula is C31H34N2O8. The van der Waals surface area contributed by atoms with Gasteiger partial charge in [0.15, 0.2) is 5.75 Å². The first-order chi connectivity index (χ1) is 19.8. The number of anilines is 1. The zero-order valence-corrected chi connectivity index (χ0v) is 22.7. The van der Waals surface area contributed by atoms with E-state index in [9.17, 15) is 15.0 Å². The maximum absolute atomic E-state index is 10.8. The Balaban J connectivity index is 0.000000271. The summed E-state index contributed by atoms with van der Waals surface area (Å²) in [7, 11) is 1.71. The zero-order valence-electron chi connectivity index (χ0n) is 22.7. The summed E-state index contributed by atoms with van der Waals surface area (Å²) in [6.45, 7) is 4.89. The van der Waals surface area contributed by atoms with E-state index < -0.39 is 34.9 Å². The van der Waals surface area contributed by atoms with Gasteiger partial charge in [0.05, 0.1) is 44.5 Å². The lowest BCUT2D eigenvalue weighted by molar-refractivity contribution is -0.903. The first-order valence-corrected chi connectivity index (χ1v) is 13.2. The topological polar surface area (TPSA) is 147 Å². The van der Waals surface area contributed by atoms with Crippen molar-refractivity contribution in [1.29, 1.82) is 0 Å². The Morgan fingerprint density at radius 3 is 2.34 bits per heavy atom. The first-order valence-electron chi connectivity index (χ1n) is 13.2. The molecule has 5 N–H and O–H groups in total. The van der Waals surface area contributed by atoms with Gasteiger partial charge in [0, 0.05) is 5.39 Å². The van der Waals surface area contributed by atoms with Crippen molar-refractivity contribution in [3.05, 3.63) is 84.4 Å². The fourth-order valence-corrected chi connectivity index (χ4v) is 4.79. The normalized spacial score (nSPS) is 14.1. The highest BCUT2D eigenvalue weighted by Crippen LogP contribution is 2.34. The van der Waals surface area contributed by atoms with Gasteiger partial charge in [-0.1, -0.05) is 48.5 Å². The number of para-hydroxylation sites is 2. The zero-order chi connectivity index (χ0) is 29.4. The minimum absolute atomic E-state index is 0.313. The van der Waals surface area contributed by atoms with E-state index in [1.165, 1.54) is 4.90 Å². The number of hydrogen-bond acceptors (Lipinski definition) is 8. The number of nitrogens with one attached hydrogen (secondary N) is 1. The van der Waals surface area contributed by atoms with Crippen LogP contribution >= 0.6 is 0 Å². The number of phenols is 2. The van der Waals surface area contributed by atoms with Crippen molar-refractivity contribution >= 4 is 22.4 Å². The number of rotatable bonds is 8. The molecule has 5 rings (SSSR count). The van der Waals surface area contributed by atoms with Crippen LogP contribution < -0.4 is 24.4 Å². The number of hydrogen-bond donors (Lipinski definition) is 5. The quantitative estimate of drug-likeness (QED) is 0.203. The molecule has 0 spiro atoms. The minimum Gasteiger partial charge on any atom is -0.869 e. The van der Waals surface area contributed by atoms with E-state index in [0.29, 0.717) is 13.2 Å². The SMILES string of the molecule is COc1ccccc1N1CC[NH+](C[C@@H](O)COc2cccc3ccccc23)CC1.O=C(O)c1ccc(O)c(O)c1[O-]. The molecule has 0 amide bonds. The Morgan fingerprint density at radius 1 is 0.951 bits per heavy atom. The summed E-state index contributed by atoms with van der Waals surface area (Å²) in [4.78, 5) is 14.1. The van der Waals surface area contributed by atoms with Crippen LogP contribution in [0.5, 0.6) is 28.7 Å². The molecular weight excluding hydrogens is 528 g/mol. The number of aliphatic hydroxyl groups is 1. The first kappa shape index (κ1) is 29.3. The van der Waals surface area contributed by atoms with Crippen LogP contribution in [0.4, 0.5) is 5.69 Å². The lowest BCUT2D eigenvalue weighted by Gasteiger charge is -2.35. The number of quaternary nitrogens is 1. The highest BCUT2D eigenvalue weighted by molar-refractivity contribution is 5.92. The number of phenolic OH excluding ortho intramolecular Hbond substituents is 2. The monoisotopic (exact) mass is 562 g/mol. The van der Waals surface area contributed by atoms with Gasteiger partial charge in [-0.25, -0.2) is 4.79 Å². The summed E-state index contributed by atoms with van der Waals surface area (Å²) >= 11 is 0. The highest BCUT2D eigenvalue weighted by atomic mass is 16.5. The molecule has 4 aromatic rings. The molecule has 41 heavy (non-hydrogen) atoms. The van der Waals surface area contributed by atoms with Crippen molar-refractivity contribution in [3.8, 4) is 28.7 Å². The van der Waals surface area contributed by atoms with Gasteiger partial charge >= 0.3 is 5.97 Å². The predicted molar refractivity (Wildman–Crippen MR) is 152 cm³/mol. The van der Waals surface area contributed by atoms with E-state index in [1.54, 1.807) is 7.11 Å². The molecule has 1 atom stereocenters. The van der Waals surface area contributed by atoms with Gasteiger partial charge in [0.2, 0.25) is 0 Å². The smallest absolute Gasteiger partial charge is 0.335 e. The van der Waals surface area contributed by atoms with E-state index in [2.05, 4.69) is 29.2 Å². The number of benzene rings is 4. The third-order valence-electron chi connectivity index (χ3n) is 6.94. The number of carbonyl (C=O) groups is 1. The van der Waals surface area contributed by atoms with Gasteiger partial charge in [-0.15, -0.1) is 0 Å². The van der Waals surface area contributed by atoms with Crippen molar-refractivity contribution in [3.63, 3.8) is 0 Å². The van der Waals surface area contributed by atoms with Crippen LogP contribution in [0, 0.1) is 0 Å². The average molecular weight is 563 g/mol. The third kappa shape index (κ3) is 7.30. The number of carboxylic acid groups (broad SMARTS) is 1. The molecule has 0 unspecified atom stereocenters. The van der Waals surface area contributed by atoms with E-state index in [1.807, 2.05) is 42.5 Å². The van der Waals surface area contributed by atoms with E-state index >= 15 is 0 Å². The van der Waals surface area contributed by atoms with Crippen LogP contribution in [0.1, 0.15) is 10.4 Å². The van der Waals surface area contributed by atoms with Crippen LogP contribution in [-0.2, 0) is 0 Å². The molecule has 0 saturated carbocycles. The third-order valence-corrected chi connectivity index (χ3v) is 6.94. The number of ether oxygens (including phenoxy) is 2. The van der Waals surface area contributed by atoms with Crippen molar-refractivity contribution in [1.82, 2.24) is 0 Å². The molecule has 1 aliphatic heterocycles. The number of carboxylic acids is 1. The number of aromatic hydroxyl groups is 2. The van der Waals surface area contributed by atoms with Gasteiger partial charge < -0.3 is 44.8 Å². The molecule has 1 aliphatic rings. The van der Waals surface area contributed by atoms with Crippen LogP contribution in [0.15, 0.2) is 78.9 Å². The Morgan fingerprint density at radius 2 is 1.61 bits per heavy atom. The number of fused-ring (bicyclic) bond motifs is 1. The molecule has 1 fully saturated rings. The molecule has 0 bridgehead atoms. The van der Waals surface area contributed by atoms with Crippen LogP contribution in [0.3, 0.4) is 0 Å². The van der Waals surface area contributed by atoms with Gasteiger partial charge in [-0.3, -0.25) is 0 Å². The lowest BCUT2D eigenvalue weighted by atomic mass is 10.1. The van der Waals surface area contributed by atoms with Crippen molar-refractivity contribution in [2.45, 2.75) is 6.10 Å². The lowest BCUT2D eigenvalue weighted by Crippen LogP contribution is -3.16. The van der Waals surface area contributed by atoms with Crippen LogP contribution in [-0.4, -0.2) is 78.9 Å². The van der Waals surface area contributed by atoms with Gasteiger partial charge in [-0.2, -0.15) is 0 Å². The second kappa shape index (κ2) is 13.6. The summed E-state index contributed by atoms with van der Waals surface area (Å²) in [6.07, 6.45) is -0.484. The maximum Gasteiger partial charge on any atom is 0.335 e. The standard InChI is InChI=1S/C24H28N2O3.C7H6O5/c1-28-24-11-5-4-10-22(24)26-15-13-25(14-16-26)17-20(27)18-29-23-12-6-8-19-7-2-3-9-21(19)23;8-4-2-1-3(7(11)12)5(9)6(4)10/h2-12,20,27H,13-18H2,1H3;1-2,8-10H,(H,11,12)/t20-;/m1./s1.